The van der Waals surface area contributed by atoms with Crippen molar-refractivity contribution in [1.82, 2.24) is 14.8 Å². The molecular weight excluding hydrogens is 268 g/mol. The number of hydrogen-bond donors (Lipinski definition) is 2. The highest BCUT2D eigenvalue weighted by Crippen LogP contribution is 2.25. The molecule has 1 aromatic heterocycles. The molecule has 2 aromatic rings. The van der Waals surface area contributed by atoms with Crippen LogP contribution in [0.2, 0.25) is 0 Å². The number of nitrogens with zero attached hydrogens (tertiary/aromatic N) is 3. The normalized spacial score (nSPS) is 10.4. The molecular formula is C11H12N4O3S. The summed E-state index contributed by atoms with van der Waals surface area (Å²) >= 11 is 1.05. The summed E-state index contributed by atoms with van der Waals surface area (Å²) in [7, 11) is 1.56. The highest BCUT2D eigenvalue weighted by atomic mass is 32.2. The van der Waals surface area contributed by atoms with Crippen molar-refractivity contribution >= 4 is 23.7 Å². The Morgan fingerprint density at radius 1 is 1.53 bits per heavy atom. The first-order chi connectivity index (χ1) is 9.11. The van der Waals surface area contributed by atoms with Crippen molar-refractivity contribution in [1.29, 1.82) is 0 Å². The molecule has 8 heteroatoms. The van der Waals surface area contributed by atoms with Gasteiger partial charge in [0.15, 0.2) is 5.16 Å². The summed E-state index contributed by atoms with van der Waals surface area (Å²) in [6.45, 7) is 0. The number of benzene rings is 1. The Bertz CT molecular complexity index is 599. The van der Waals surface area contributed by atoms with Crippen molar-refractivity contribution in [2.75, 3.05) is 18.6 Å². The molecule has 3 N–H and O–H groups in total. The number of nitrogens with two attached hydrogens (primary N) is 1. The molecule has 0 aliphatic heterocycles. The number of thioether (sulfide) groups is 1. The number of rotatable bonds is 5. The summed E-state index contributed by atoms with van der Waals surface area (Å²) in [5.41, 5.74) is 6.48. The van der Waals surface area contributed by atoms with E-state index in [4.69, 9.17) is 15.6 Å². The molecule has 0 radical (unpaired) electrons. The summed E-state index contributed by atoms with van der Waals surface area (Å²) in [6.07, 6.45) is 0. The molecule has 0 fully saturated rings. The number of hydrogen-bond acceptors (Lipinski definition) is 6. The van der Waals surface area contributed by atoms with Gasteiger partial charge in [0, 0.05) is 6.07 Å². The molecule has 7 nitrogen and oxygen atoms in total. The van der Waals surface area contributed by atoms with E-state index >= 15 is 0 Å². The average Bonchev–Trinajstić information content (AvgIpc) is 2.77. The third-order valence-electron chi connectivity index (χ3n) is 2.29. The van der Waals surface area contributed by atoms with Crippen molar-refractivity contribution in [2.24, 2.45) is 0 Å². The number of carbonyl (C=O) groups is 1. The minimum absolute atomic E-state index is 0.109. The average molecular weight is 280 g/mol. The SMILES string of the molecule is COc1cccc(-n2c(N)nnc2SCC(=O)O)c1. The first-order valence-electron chi connectivity index (χ1n) is 5.31. The molecule has 0 atom stereocenters. The number of aliphatic carboxylic acids is 1. The molecule has 0 unspecified atom stereocenters. The van der Waals surface area contributed by atoms with E-state index in [2.05, 4.69) is 10.2 Å². The summed E-state index contributed by atoms with van der Waals surface area (Å²) in [6, 6.07) is 7.19. The van der Waals surface area contributed by atoms with Crippen LogP contribution in [0.15, 0.2) is 29.4 Å². The first kappa shape index (κ1) is 13.2. The predicted molar refractivity (Wildman–Crippen MR) is 70.7 cm³/mol. The van der Waals surface area contributed by atoms with Crippen LogP contribution in [-0.2, 0) is 4.79 Å². The lowest BCUT2D eigenvalue weighted by atomic mass is 10.3. The second-order valence-corrected chi connectivity index (χ2v) is 4.50. The molecule has 1 aromatic carbocycles. The van der Waals surface area contributed by atoms with Crippen molar-refractivity contribution in [3.8, 4) is 11.4 Å². The highest BCUT2D eigenvalue weighted by molar-refractivity contribution is 7.99. The van der Waals surface area contributed by atoms with Gasteiger partial charge >= 0.3 is 5.97 Å². The molecule has 0 aliphatic rings. The van der Waals surface area contributed by atoms with E-state index in [0.717, 1.165) is 17.4 Å². The van der Waals surface area contributed by atoms with Crippen LogP contribution in [-0.4, -0.2) is 38.7 Å². The third kappa shape index (κ3) is 2.97. The summed E-state index contributed by atoms with van der Waals surface area (Å²) in [4.78, 5) is 10.6. The molecule has 0 saturated carbocycles. The zero-order valence-electron chi connectivity index (χ0n) is 10.1. The molecule has 0 amide bonds. The van der Waals surface area contributed by atoms with Gasteiger partial charge in [-0.2, -0.15) is 0 Å². The zero-order chi connectivity index (χ0) is 13.8. The van der Waals surface area contributed by atoms with Crippen LogP contribution in [0.1, 0.15) is 0 Å². The van der Waals surface area contributed by atoms with Crippen LogP contribution in [0, 0.1) is 0 Å². The lowest BCUT2D eigenvalue weighted by Crippen LogP contribution is -2.04. The standard InChI is InChI=1S/C11H12N4O3S/c1-18-8-4-2-3-7(5-8)15-10(12)13-14-11(15)19-6-9(16)17/h2-5H,6H2,1H3,(H2,12,13)(H,16,17). The molecule has 100 valence electrons. The maximum atomic E-state index is 10.6. The fraction of sp³-hybridized carbons (Fsp3) is 0.182. The Balaban J connectivity index is 2.37. The van der Waals surface area contributed by atoms with Crippen LogP contribution >= 0.6 is 11.8 Å². The van der Waals surface area contributed by atoms with Crippen molar-refractivity contribution < 1.29 is 14.6 Å². The van der Waals surface area contributed by atoms with E-state index < -0.39 is 5.97 Å². The predicted octanol–water partition coefficient (Wildman–Crippen LogP) is 1.03. The highest BCUT2D eigenvalue weighted by Gasteiger charge is 2.13. The van der Waals surface area contributed by atoms with E-state index in [1.165, 1.54) is 0 Å². The van der Waals surface area contributed by atoms with Crippen LogP contribution in [0.3, 0.4) is 0 Å². The number of ether oxygens (including phenoxy) is 1. The first-order valence-corrected chi connectivity index (χ1v) is 6.30. The monoisotopic (exact) mass is 280 g/mol. The number of aromatic nitrogens is 3. The van der Waals surface area contributed by atoms with Gasteiger partial charge in [-0.3, -0.25) is 9.36 Å². The Labute approximate surface area is 113 Å². The fourth-order valence-electron chi connectivity index (χ4n) is 1.49. The molecule has 0 saturated heterocycles. The van der Waals surface area contributed by atoms with Crippen molar-refractivity contribution in [2.45, 2.75) is 5.16 Å². The second-order valence-electron chi connectivity index (χ2n) is 3.56. The van der Waals surface area contributed by atoms with Gasteiger partial charge in [0.2, 0.25) is 5.95 Å². The topological polar surface area (TPSA) is 103 Å². The van der Waals surface area contributed by atoms with Gasteiger partial charge in [0.1, 0.15) is 5.75 Å². The van der Waals surface area contributed by atoms with Gasteiger partial charge < -0.3 is 15.6 Å². The van der Waals surface area contributed by atoms with Gasteiger partial charge in [-0.1, -0.05) is 17.8 Å². The van der Waals surface area contributed by atoms with E-state index in [-0.39, 0.29) is 11.7 Å². The number of nitrogen functional groups attached to an aromatic ring is 1. The molecule has 19 heavy (non-hydrogen) atoms. The van der Waals surface area contributed by atoms with Crippen LogP contribution in [0.25, 0.3) is 5.69 Å². The van der Waals surface area contributed by atoms with Gasteiger partial charge in [-0.25, -0.2) is 0 Å². The third-order valence-corrected chi connectivity index (χ3v) is 3.21. The van der Waals surface area contributed by atoms with Crippen LogP contribution < -0.4 is 10.5 Å². The van der Waals surface area contributed by atoms with Crippen LogP contribution in [0.5, 0.6) is 5.75 Å². The number of carboxylic acids is 1. The van der Waals surface area contributed by atoms with Crippen molar-refractivity contribution in [3.05, 3.63) is 24.3 Å². The fourth-order valence-corrected chi connectivity index (χ4v) is 2.17. The van der Waals surface area contributed by atoms with Gasteiger partial charge in [0.05, 0.1) is 18.6 Å². The quantitative estimate of drug-likeness (QED) is 0.788. The number of carboxylic acid groups (broad SMARTS) is 1. The molecule has 1 heterocycles. The maximum absolute atomic E-state index is 10.6. The van der Waals surface area contributed by atoms with Crippen molar-refractivity contribution in [3.63, 3.8) is 0 Å². The van der Waals surface area contributed by atoms with Gasteiger partial charge in [-0.15, -0.1) is 10.2 Å². The summed E-state index contributed by atoms with van der Waals surface area (Å²) in [5, 5.41) is 16.7. The Morgan fingerprint density at radius 3 is 3.00 bits per heavy atom. The second kappa shape index (κ2) is 5.61. The van der Waals surface area contributed by atoms with E-state index in [0.29, 0.717) is 10.9 Å². The number of anilines is 1. The van der Waals surface area contributed by atoms with E-state index in [1.54, 1.807) is 29.9 Å². The van der Waals surface area contributed by atoms with E-state index in [1.807, 2.05) is 6.07 Å². The van der Waals surface area contributed by atoms with Gasteiger partial charge in [-0.05, 0) is 12.1 Å². The lowest BCUT2D eigenvalue weighted by molar-refractivity contribution is -0.133. The Morgan fingerprint density at radius 2 is 2.32 bits per heavy atom. The van der Waals surface area contributed by atoms with E-state index in [9.17, 15) is 4.79 Å². The molecule has 0 bridgehead atoms. The summed E-state index contributed by atoms with van der Waals surface area (Å²) < 4.78 is 6.71. The summed E-state index contributed by atoms with van der Waals surface area (Å²) in [5.74, 6) is -0.174. The minimum Gasteiger partial charge on any atom is -0.497 e. The smallest absolute Gasteiger partial charge is 0.313 e. The minimum atomic E-state index is -0.927. The van der Waals surface area contributed by atoms with Crippen LogP contribution in [0.4, 0.5) is 5.95 Å². The Hall–Kier alpha value is -2.22. The zero-order valence-corrected chi connectivity index (χ0v) is 10.9. The number of methoxy groups -OCH3 is 1. The largest absolute Gasteiger partial charge is 0.497 e. The molecule has 0 aliphatic carbocycles. The van der Waals surface area contributed by atoms with Gasteiger partial charge in [0.25, 0.3) is 0 Å². The Kier molecular flexibility index (Phi) is 3.91. The molecule has 2 rings (SSSR count). The maximum Gasteiger partial charge on any atom is 0.313 e. The lowest BCUT2D eigenvalue weighted by Gasteiger charge is -2.08. The molecule has 0 spiro atoms.